The highest BCUT2D eigenvalue weighted by Gasteiger charge is 2.13. The predicted octanol–water partition coefficient (Wildman–Crippen LogP) is 3.15. The Morgan fingerprint density at radius 1 is 1.35 bits per heavy atom. The number of amides is 2. The van der Waals surface area contributed by atoms with Gasteiger partial charge >= 0.3 is 6.03 Å². The molecule has 1 aromatic rings. The summed E-state index contributed by atoms with van der Waals surface area (Å²) in [5.41, 5.74) is 1.30. The number of hydrogen-bond donors (Lipinski definition) is 2. The molecule has 2 N–H and O–H groups in total. The summed E-state index contributed by atoms with van der Waals surface area (Å²) < 4.78 is 13.0. The third-order valence-corrected chi connectivity index (χ3v) is 3.08. The monoisotopic (exact) mass is 282 g/mol. The fourth-order valence-corrected chi connectivity index (χ4v) is 1.89. The van der Waals surface area contributed by atoms with Crippen molar-refractivity contribution in [1.29, 1.82) is 0 Å². The number of aryl methyl sites for hydroxylation is 1. The van der Waals surface area contributed by atoms with E-state index in [9.17, 15) is 9.18 Å². The molecule has 1 rings (SSSR count). The van der Waals surface area contributed by atoms with Gasteiger partial charge in [0.2, 0.25) is 0 Å². The minimum absolute atomic E-state index is 0.0610. The summed E-state index contributed by atoms with van der Waals surface area (Å²) in [5, 5.41) is 11.7. The summed E-state index contributed by atoms with van der Waals surface area (Å²) >= 11 is 0. The van der Waals surface area contributed by atoms with Gasteiger partial charge in [-0.15, -0.1) is 0 Å². The molecule has 20 heavy (non-hydrogen) atoms. The molecule has 0 aliphatic carbocycles. The van der Waals surface area contributed by atoms with Crippen LogP contribution in [0.4, 0.5) is 14.9 Å². The summed E-state index contributed by atoms with van der Waals surface area (Å²) in [4.78, 5) is 13.9. The highest BCUT2D eigenvalue weighted by Crippen LogP contribution is 2.16. The third kappa shape index (κ3) is 5.17. The van der Waals surface area contributed by atoms with Crippen molar-refractivity contribution in [2.45, 2.75) is 33.1 Å². The molecule has 0 radical (unpaired) electrons. The molecule has 0 heterocycles. The Labute approximate surface area is 119 Å². The number of unbranched alkanes of at least 4 members (excludes halogenated alkanes) is 1. The Hall–Kier alpha value is -1.62. The molecule has 0 bridgehead atoms. The second kappa shape index (κ2) is 8.53. The van der Waals surface area contributed by atoms with E-state index in [2.05, 4.69) is 12.2 Å². The number of carbonyl (C=O) groups excluding carboxylic acids is 1. The van der Waals surface area contributed by atoms with E-state index < -0.39 is 0 Å². The highest BCUT2D eigenvalue weighted by molar-refractivity contribution is 5.90. The quantitative estimate of drug-likeness (QED) is 0.807. The van der Waals surface area contributed by atoms with Gasteiger partial charge in [-0.05, 0) is 43.5 Å². The van der Waals surface area contributed by atoms with Crippen LogP contribution in [-0.2, 0) is 0 Å². The largest absolute Gasteiger partial charge is 0.396 e. The number of nitrogens with zero attached hydrogens (tertiary/aromatic N) is 1. The van der Waals surface area contributed by atoms with E-state index in [-0.39, 0.29) is 18.5 Å². The standard InChI is InChI=1S/C15H23FN2O2/c1-3-4-8-18(9-5-10-19)15(20)17-14-7-6-13(16)11-12(14)2/h6-7,11,19H,3-5,8-10H2,1-2H3,(H,17,20). The zero-order valence-corrected chi connectivity index (χ0v) is 12.2. The van der Waals surface area contributed by atoms with E-state index in [1.165, 1.54) is 12.1 Å². The minimum Gasteiger partial charge on any atom is -0.396 e. The second-order valence-corrected chi connectivity index (χ2v) is 4.81. The Morgan fingerprint density at radius 3 is 2.65 bits per heavy atom. The Kier molecular flexibility index (Phi) is 7.01. The lowest BCUT2D eigenvalue weighted by Gasteiger charge is -2.23. The third-order valence-electron chi connectivity index (χ3n) is 3.08. The molecule has 112 valence electrons. The van der Waals surface area contributed by atoms with Crippen LogP contribution >= 0.6 is 0 Å². The Balaban J connectivity index is 2.68. The molecule has 0 atom stereocenters. The molecule has 0 aliphatic heterocycles. The average Bonchev–Trinajstić information content (AvgIpc) is 2.42. The molecule has 0 saturated heterocycles. The van der Waals surface area contributed by atoms with Crippen LogP contribution in [0.15, 0.2) is 18.2 Å². The maximum Gasteiger partial charge on any atom is 0.321 e. The number of carbonyl (C=O) groups is 1. The van der Waals surface area contributed by atoms with Gasteiger partial charge in [0.25, 0.3) is 0 Å². The van der Waals surface area contributed by atoms with Gasteiger partial charge in [0.05, 0.1) is 0 Å². The molecule has 0 spiro atoms. The van der Waals surface area contributed by atoms with Gasteiger partial charge < -0.3 is 15.3 Å². The first-order valence-corrected chi connectivity index (χ1v) is 7.01. The molecule has 2 amide bonds. The van der Waals surface area contributed by atoms with Crippen molar-refractivity contribution >= 4 is 11.7 Å². The summed E-state index contributed by atoms with van der Waals surface area (Å²) in [6.45, 7) is 5.05. The number of rotatable bonds is 7. The van der Waals surface area contributed by atoms with Crippen LogP contribution in [0.2, 0.25) is 0 Å². The van der Waals surface area contributed by atoms with Gasteiger partial charge in [-0.25, -0.2) is 9.18 Å². The molecule has 0 unspecified atom stereocenters. The van der Waals surface area contributed by atoms with Crippen LogP contribution < -0.4 is 5.32 Å². The van der Waals surface area contributed by atoms with Crippen molar-refractivity contribution in [2.75, 3.05) is 25.0 Å². The topological polar surface area (TPSA) is 52.6 Å². The van der Waals surface area contributed by atoms with Crippen LogP contribution in [0.3, 0.4) is 0 Å². The maximum absolute atomic E-state index is 13.0. The number of urea groups is 1. The molecule has 4 nitrogen and oxygen atoms in total. The molecule has 0 saturated carbocycles. The van der Waals surface area contributed by atoms with E-state index >= 15 is 0 Å². The molecular weight excluding hydrogens is 259 g/mol. The SMILES string of the molecule is CCCCN(CCCO)C(=O)Nc1ccc(F)cc1C. The number of hydrogen-bond acceptors (Lipinski definition) is 2. The van der Waals surface area contributed by atoms with Crippen LogP contribution in [0.5, 0.6) is 0 Å². The minimum atomic E-state index is -0.316. The first kappa shape index (κ1) is 16.4. The van der Waals surface area contributed by atoms with Crippen molar-refractivity contribution in [3.8, 4) is 0 Å². The molecular formula is C15H23FN2O2. The zero-order valence-electron chi connectivity index (χ0n) is 12.2. The number of aliphatic hydroxyl groups is 1. The molecule has 0 aromatic heterocycles. The van der Waals surface area contributed by atoms with Crippen molar-refractivity contribution in [1.82, 2.24) is 4.90 Å². The van der Waals surface area contributed by atoms with Crippen LogP contribution in [0.25, 0.3) is 0 Å². The number of benzene rings is 1. The van der Waals surface area contributed by atoms with Crippen molar-refractivity contribution in [3.05, 3.63) is 29.6 Å². The van der Waals surface area contributed by atoms with Crippen molar-refractivity contribution in [3.63, 3.8) is 0 Å². The maximum atomic E-state index is 13.0. The first-order valence-electron chi connectivity index (χ1n) is 7.01. The normalized spacial score (nSPS) is 10.4. The number of anilines is 1. The smallest absolute Gasteiger partial charge is 0.321 e. The summed E-state index contributed by atoms with van der Waals surface area (Å²) in [5.74, 6) is -0.316. The van der Waals surface area contributed by atoms with E-state index in [1.807, 2.05) is 0 Å². The Morgan fingerprint density at radius 2 is 2.05 bits per heavy atom. The number of aliphatic hydroxyl groups excluding tert-OH is 1. The van der Waals surface area contributed by atoms with Crippen LogP contribution in [0, 0.1) is 12.7 Å². The second-order valence-electron chi connectivity index (χ2n) is 4.81. The molecule has 1 aromatic carbocycles. The summed E-state index contributed by atoms with van der Waals surface area (Å²) in [6.07, 6.45) is 2.47. The predicted molar refractivity (Wildman–Crippen MR) is 78.3 cm³/mol. The van der Waals surface area contributed by atoms with E-state index in [0.29, 0.717) is 30.8 Å². The van der Waals surface area contributed by atoms with Gasteiger partial charge in [-0.2, -0.15) is 0 Å². The zero-order chi connectivity index (χ0) is 15.0. The van der Waals surface area contributed by atoms with Crippen LogP contribution in [-0.4, -0.2) is 35.7 Å². The lowest BCUT2D eigenvalue weighted by atomic mass is 10.2. The van der Waals surface area contributed by atoms with Crippen molar-refractivity contribution in [2.24, 2.45) is 0 Å². The van der Waals surface area contributed by atoms with E-state index in [1.54, 1.807) is 17.9 Å². The Bertz CT molecular complexity index is 430. The first-order chi connectivity index (χ1) is 9.58. The van der Waals surface area contributed by atoms with E-state index in [4.69, 9.17) is 5.11 Å². The summed E-state index contributed by atoms with van der Waals surface area (Å²) in [7, 11) is 0. The molecule has 0 aliphatic rings. The number of halogens is 1. The fraction of sp³-hybridized carbons (Fsp3) is 0.533. The fourth-order valence-electron chi connectivity index (χ4n) is 1.89. The van der Waals surface area contributed by atoms with Crippen molar-refractivity contribution < 1.29 is 14.3 Å². The van der Waals surface area contributed by atoms with Gasteiger partial charge in [0.1, 0.15) is 5.82 Å². The highest BCUT2D eigenvalue weighted by atomic mass is 19.1. The van der Waals surface area contributed by atoms with Gasteiger partial charge in [0, 0.05) is 25.4 Å². The summed E-state index contributed by atoms with van der Waals surface area (Å²) in [6, 6.07) is 4.07. The average molecular weight is 282 g/mol. The lowest BCUT2D eigenvalue weighted by molar-refractivity contribution is 0.201. The van der Waals surface area contributed by atoms with Gasteiger partial charge in [-0.1, -0.05) is 13.3 Å². The molecule has 5 heteroatoms. The van der Waals surface area contributed by atoms with Gasteiger partial charge in [-0.3, -0.25) is 0 Å². The molecule has 0 fully saturated rings. The number of nitrogens with one attached hydrogen (secondary N) is 1. The van der Waals surface area contributed by atoms with E-state index in [0.717, 1.165) is 12.8 Å². The lowest BCUT2D eigenvalue weighted by Crippen LogP contribution is -2.37. The van der Waals surface area contributed by atoms with Gasteiger partial charge in [0.15, 0.2) is 0 Å². The van der Waals surface area contributed by atoms with Crippen LogP contribution in [0.1, 0.15) is 31.7 Å².